The number of aryl methyl sites for hydroxylation is 1. The highest BCUT2D eigenvalue weighted by atomic mass is 35.5. The summed E-state index contributed by atoms with van der Waals surface area (Å²) in [5.74, 6) is -0.456. The van der Waals surface area contributed by atoms with Crippen LogP contribution in [0.5, 0.6) is 0 Å². The van der Waals surface area contributed by atoms with Crippen LogP contribution in [0.4, 0.5) is 0 Å². The van der Waals surface area contributed by atoms with Crippen molar-refractivity contribution in [3.8, 4) is 0 Å². The minimum absolute atomic E-state index is 0.220. The largest absolute Gasteiger partial charge is 0.387 e. The molecular weight excluding hydrogens is 237 g/mol. The van der Waals surface area contributed by atoms with Gasteiger partial charge in [0.15, 0.2) is 0 Å². The van der Waals surface area contributed by atoms with Crippen LogP contribution >= 0.6 is 23.2 Å². The van der Waals surface area contributed by atoms with Crippen LogP contribution in [0.25, 0.3) is 0 Å². The second kappa shape index (κ2) is 5.35. The Morgan fingerprint density at radius 2 is 1.93 bits per heavy atom. The lowest BCUT2D eigenvalue weighted by atomic mass is 10.1. The fourth-order valence-electron chi connectivity index (χ4n) is 1.14. The van der Waals surface area contributed by atoms with Crippen LogP contribution in [-0.2, 0) is 11.3 Å². The van der Waals surface area contributed by atoms with Crippen LogP contribution in [-0.4, -0.2) is 17.6 Å². The fraction of sp³-hybridized carbons (Fsp3) is 0.300. The van der Waals surface area contributed by atoms with Gasteiger partial charge in [-0.05, 0) is 24.6 Å². The number of hydrogen-bond acceptors (Lipinski definition) is 2. The van der Waals surface area contributed by atoms with Gasteiger partial charge in [-0.25, -0.2) is 0 Å². The molecule has 0 saturated heterocycles. The molecule has 0 unspecified atom stereocenters. The summed E-state index contributed by atoms with van der Waals surface area (Å²) in [6.45, 7) is 1.56. The Balaban J connectivity index is 2.81. The topological polar surface area (TPSA) is 49.3 Å². The number of benzene rings is 1. The standard InChI is InChI=1S/C10H11Cl2NO2/c1-6-2-8(11)7(9(12)3-6)4-13-10(15)5-14/h2-3,14H,4-5H2,1H3,(H,13,15). The second-order valence-electron chi connectivity index (χ2n) is 3.14. The van der Waals surface area contributed by atoms with Crippen molar-refractivity contribution in [2.45, 2.75) is 13.5 Å². The maximum Gasteiger partial charge on any atom is 0.245 e. The Hall–Kier alpha value is -0.770. The van der Waals surface area contributed by atoms with Crippen LogP contribution in [0.1, 0.15) is 11.1 Å². The van der Waals surface area contributed by atoms with E-state index in [9.17, 15) is 4.79 Å². The molecule has 1 amide bonds. The van der Waals surface area contributed by atoms with Crippen LogP contribution in [0, 0.1) is 6.92 Å². The molecule has 0 aliphatic rings. The van der Waals surface area contributed by atoms with Crippen LogP contribution in [0.3, 0.4) is 0 Å². The van der Waals surface area contributed by atoms with Crippen molar-refractivity contribution in [1.29, 1.82) is 0 Å². The summed E-state index contributed by atoms with van der Waals surface area (Å²) in [5.41, 5.74) is 1.62. The van der Waals surface area contributed by atoms with E-state index < -0.39 is 12.5 Å². The van der Waals surface area contributed by atoms with E-state index >= 15 is 0 Å². The lowest BCUT2D eigenvalue weighted by Gasteiger charge is -2.09. The predicted molar refractivity (Wildman–Crippen MR) is 60.1 cm³/mol. The van der Waals surface area contributed by atoms with Crippen molar-refractivity contribution in [2.75, 3.05) is 6.61 Å². The third-order valence-electron chi connectivity index (χ3n) is 1.89. The van der Waals surface area contributed by atoms with Gasteiger partial charge in [-0.15, -0.1) is 0 Å². The summed E-state index contributed by atoms with van der Waals surface area (Å²) in [6.07, 6.45) is 0. The molecule has 0 bridgehead atoms. The third kappa shape index (κ3) is 3.38. The van der Waals surface area contributed by atoms with Gasteiger partial charge in [0.05, 0.1) is 0 Å². The molecule has 0 spiro atoms. The normalized spacial score (nSPS) is 10.1. The van der Waals surface area contributed by atoms with Crippen molar-refractivity contribution in [3.05, 3.63) is 33.3 Å². The van der Waals surface area contributed by atoms with Gasteiger partial charge in [-0.1, -0.05) is 23.2 Å². The number of carbonyl (C=O) groups excluding carboxylic acids is 1. The molecule has 5 heteroatoms. The quantitative estimate of drug-likeness (QED) is 0.858. The third-order valence-corrected chi connectivity index (χ3v) is 2.57. The molecule has 0 aliphatic heterocycles. The molecule has 1 aromatic rings. The van der Waals surface area contributed by atoms with Crippen molar-refractivity contribution >= 4 is 29.1 Å². The van der Waals surface area contributed by atoms with Gasteiger partial charge < -0.3 is 10.4 Å². The Bertz CT molecular complexity index is 357. The average molecular weight is 248 g/mol. The summed E-state index contributed by atoms with van der Waals surface area (Å²) < 4.78 is 0. The van der Waals surface area contributed by atoms with Crippen LogP contribution in [0.15, 0.2) is 12.1 Å². The number of hydrogen-bond donors (Lipinski definition) is 2. The van der Waals surface area contributed by atoms with Crippen molar-refractivity contribution < 1.29 is 9.90 Å². The molecule has 0 aromatic heterocycles. The van der Waals surface area contributed by atoms with E-state index in [0.29, 0.717) is 15.6 Å². The Morgan fingerprint density at radius 1 is 1.40 bits per heavy atom. The molecule has 0 radical (unpaired) electrons. The first-order chi connectivity index (χ1) is 7.04. The van der Waals surface area contributed by atoms with E-state index in [1.54, 1.807) is 12.1 Å². The Kier molecular flexibility index (Phi) is 4.39. The van der Waals surface area contributed by atoms with Gasteiger partial charge >= 0.3 is 0 Å². The number of amides is 1. The molecular formula is C10H11Cl2NO2. The highest BCUT2D eigenvalue weighted by Crippen LogP contribution is 2.26. The van der Waals surface area contributed by atoms with Gasteiger partial charge in [0.25, 0.3) is 0 Å². The fourth-order valence-corrected chi connectivity index (χ4v) is 1.87. The van der Waals surface area contributed by atoms with Crippen molar-refractivity contribution in [3.63, 3.8) is 0 Å². The van der Waals surface area contributed by atoms with Crippen LogP contribution < -0.4 is 5.32 Å². The predicted octanol–water partition coefficient (Wildman–Crippen LogP) is 1.91. The Morgan fingerprint density at radius 3 is 2.40 bits per heavy atom. The zero-order valence-corrected chi connectivity index (χ0v) is 9.69. The minimum Gasteiger partial charge on any atom is -0.387 e. The summed E-state index contributed by atoms with van der Waals surface area (Å²) in [5, 5.41) is 12.0. The number of nitrogens with one attached hydrogen (secondary N) is 1. The van der Waals surface area contributed by atoms with E-state index in [0.717, 1.165) is 5.56 Å². The van der Waals surface area contributed by atoms with Crippen LogP contribution in [0.2, 0.25) is 10.0 Å². The highest BCUT2D eigenvalue weighted by Gasteiger charge is 2.08. The summed E-state index contributed by atoms with van der Waals surface area (Å²) >= 11 is 11.9. The van der Waals surface area contributed by atoms with Gasteiger partial charge in [0.1, 0.15) is 6.61 Å². The Labute approximate surface area is 98.0 Å². The van der Waals surface area contributed by atoms with E-state index in [4.69, 9.17) is 28.3 Å². The SMILES string of the molecule is Cc1cc(Cl)c(CNC(=O)CO)c(Cl)c1. The molecule has 0 fully saturated rings. The van der Waals surface area contributed by atoms with E-state index in [-0.39, 0.29) is 6.54 Å². The first-order valence-corrected chi connectivity index (χ1v) is 5.12. The molecule has 82 valence electrons. The zero-order chi connectivity index (χ0) is 11.4. The highest BCUT2D eigenvalue weighted by molar-refractivity contribution is 6.36. The molecule has 15 heavy (non-hydrogen) atoms. The maximum absolute atomic E-state index is 10.8. The molecule has 1 rings (SSSR count). The zero-order valence-electron chi connectivity index (χ0n) is 8.18. The van der Waals surface area contributed by atoms with Gasteiger partial charge in [0, 0.05) is 22.2 Å². The number of aliphatic hydroxyl groups is 1. The van der Waals surface area contributed by atoms with E-state index in [1.165, 1.54) is 0 Å². The molecule has 0 aliphatic carbocycles. The number of rotatable bonds is 3. The van der Waals surface area contributed by atoms with Crippen molar-refractivity contribution in [1.82, 2.24) is 5.32 Å². The number of halogens is 2. The van der Waals surface area contributed by atoms with Gasteiger partial charge in [-0.3, -0.25) is 4.79 Å². The summed E-state index contributed by atoms with van der Waals surface area (Å²) in [4.78, 5) is 10.8. The second-order valence-corrected chi connectivity index (χ2v) is 3.96. The molecule has 3 nitrogen and oxygen atoms in total. The summed E-state index contributed by atoms with van der Waals surface area (Å²) in [6, 6.07) is 3.54. The molecule has 2 N–H and O–H groups in total. The lowest BCUT2D eigenvalue weighted by molar-refractivity contribution is -0.123. The molecule has 0 heterocycles. The first-order valence-electron chi connectivity index (χ1n) is 4.36. The first kappa shape index (κ1) is 12.3. The minimum atomic E-state index is -0.541. The smallest absolute Gasteiger partial charge is 0.245 e. The summed E-state index contributed by atoms with van der Waals surface area (Å²) in [7, 11) is 0. The lowest BCUT2D eigenvalue weighted by Crippen LogP contribution is -2.25. The monoisotopic (exact) mass is 247 g/mol. The van der Waals surface area contributed by atoms with E-state index in [1.807, 2.05) is 6.92 Å². The molecule has 0 saturated carbocycles. The maximum atomic E-state index is 10.8. The van der Waals surface area contributed by atoms with Gasteiger partial charge in [-0.2, -0.15) is 0 Å². The average Bonchev–Trinajstić information content (AvgIpc) is 2.15. The molecule has 0 atom stereocenters. The van der Waals surface area contributed by atoms with E-state index in [2.05, 4.69) is 5.32 Å². The van der Waals surface area contributed by atoms with Crippen molar-refractivity contribution in [2.24, 2.45) is 0 Å². The van der Waals surface area contributed by atoms with Gasteiger partial charge in [0.2, 0.25) is 5.91 Å². The number of carbonyl (C=O) groups is 1. The molecule has 1 aromatic carbocycles. The number of aliphatic hydroxyl groups excluding tert-OH is 1.